The van der Waals surface area contributed by atoms with E-state index in [1.807, 2.05) is 0 Å². The molecule has 0 spiro atoms. The minimum atomic E-state index is -4.59. The number of rotatable bonds is 16. The zero-order valence-corrected chi connectivity index (χ0v) is 22.3. The molecule has 3 aromatic rings. The summed E-state index contributed by atoms with van der Waals surface area (Å²) in [5, 5.41) is 0. The van der Waals surface area contributed by atoms with Gasteiger partial charge >= 0.3 is 6.18 Å². The van der Waals surface area contributed by atoms with Crippen LogP contribution in [0.3, 0.4) is 0 Å². The predicted octanol–water partition coefficient (Wildman–Crippen LogP) is 4.17. The molecule has 0 saturated carbocycles. The van der Waals surface area contributed by atoms with E-state index in [0.29, 0.717) is 84.4 Å². The van der Waals surface area contributed by atoms with Crippen molar-refractivity contribution in [3.63, 3.8) is 0 Å². The van der Waals surface area contributed by atoms with Crippen molar-refractivity contribution in [1.82, 2.24) is 0 Å². The van der Waals surface area contributed by atoms with Crippen LogP contribution in [0.4, 0.5) is 13.2 Å². The largest absolute Gasteiger partial charge is 0.493 e. The number of ether oxygens (including phenoxy) is 4. The molecular formula is C29H37F3N4O4. The minimum Gasteiger partial charge on any atom is -0.493 e. The van der Waals surface area contributed by atoms with Gasteiger partial charge in [0.2, 0.25) is 0 Å². The first kappa shape index (κ1) is 31.0. The number of halogens is 3. The second-order valence-corrected chi connectivity index (χ2v) is 8.94. The normalized spacial score (nSPS) is 11.4. The molecule has 0 radical (unpaired) electrons. The first-order valence-electron chi connectivity index (χ1n) is 13.1. The van der Waals surface area contributed by atoms with E-state index in [1.165, 1.54) is 0 Å². The van der Waals surface area contributed by atoms with E-state index in [4.69, 9.17) is 41.9 Å². The maximum Gasteiger partial charge on any atom is 0.416 e. The molecule has 0 aromatic heterocycles. The maximum absolute atomic E-state index is 14.1. The molecule has 3 aromatic carbocycles. The van der Waals surface area contributed by atoms with Gasteiger partial charge in [-0.1, -0.05) is 0 Å². The molecule has 0 unspecified atom stereocenters. The molecule has 11 heteroatoms. The topological polar surface area (TPSA) is 141 Å². The maximum atomic E-state index is 14.1. The highest BCUT2D eigenvalue weighted by Crippen LogP contribution is 2.40. The van der Waals surface area contributed by atoms with Gasteiger partial charge in [-0.05, 0) is 90.6 Å². The Balaban J connectivity index is 2.13. The number of hydrogen-bond acceptors (Lipinski definition) is 8. The third-order valence-electron chi connectivity index (χ3n) is 5.69. The Morgan fingerprint density at radius 1 is 0.450 bits per heavy atom. The number of benzene rings is 3. The van der Waals surface area contributed by atoms with Gasteiger partial charge < -0.3 is 41.9 Å². The Labute approximate surface area is 232 Å². The van der Waals surface area contributed by atoms with E-state index in [0.717, 1.165) is 12.1 Å². The van der Waals surface area contributed by atoms with Crippen molar-refractivity contribution >= 4 is 0 Å². The van der Waals surface area contributed by atoms with Crippen molar-refractivity contribution in [3.8, 4) is 45.3 Å². The quantitative estimate of drug-likeness (QED) is 0.191. The van der Waals surface area contributed by atoms with Crippen molar-refractivity contribution in [3.05, 3.63) is 60.2 Å². The van der Waals surface area contributed by atoms with Gasteiger partial charge in [0.05, 0.1) is 18.8 Å². The second-order valence-electron chi connectivity index (χ2n) is 8.94. The first-order valence-corrected chi connectivity index (χ1v) is 13.1. The van der Waals surface area contributed by atoms with Gasteiger partial charge in [-0.25, -0.2) is 0 Å². The third-order valence-corrected chi connectivity index (χ3v) is 5.69. The lowest BCUT2D eigenvalue weighted by molar-refractivity contribution is -0.137. The minimum absolute atomic E-state index is 0.238. The summed E-state index contributed by atoms with van der Waals surface area (Å²) in [4.78, 5) is 0. The van der Waals surface area contributed by atoms with E-state index in [1.54, 1.807) is 42.5 Å². The molecule has 40 heavy (non-hydrogen) atoms. The molecule has 8 N–H and O–H groups in total. The lowest BCUT2D eigenvalue weighted by Crippen LogP contribution is -2.11. The average Bonchev–Trinajstić information content (AvgIpc) is 2.94. The third kappa shape index (κ3) is 9.30. The molecule has 0 aliphatic heterocycles. The Morgan fingerprint density at radius 3 is 1.12 bits per heavy atom. The van der Waals surface area contributed by atoms with Gasteiger partial charge in [0.1, 0.15) is 36.2 Å². The van der Waals surface area contributed by atoms with E-state index in [-0.39, 0.29) is 26.3 Å². The van der Waals surface area contributed by atoms with E-state index >= 15 is 0 Å². The van der Waals surface area contributed by atoms with Crippen molar-refractivity contribution in [1.29, 1.82) is 0 Å². The fourth-order valence-electron chi connectivity index (χ4n) is 3.83. The summed E-state index contributed by atoms with van der Waals surface area (Å²) in [6.45, 7) is 2.63. The second kappa shape index (κ2) is 15.3. The Hall–Kier alpha value is -3.51. The van der Waals surface area contributed by atoms with Gasteiger partial charge in [-0.2, -0.15) is 13.2 Å². The highest BCUT2D eigenvalue weighted by atomic mass is 19.4. The van der Waals surface area contributed by atoms with Gasteiger partial charge in [-0.15, -0.1) is 0 Å². The highest BCUT2D eigenvalue weighted by Gasteiger charge is 2.31. The van der Waals surface area contributed by atoms with Crippen LogP contribution >= 0.6 is 0 Å². The predicted molar refractivity (Wildman–Crippen MR) is 150 cm³/mol. The van der Waals surface area contributed by atoms with Crippen LogP contribution in [0.25, 0.3) is 22.3 Å². The molecule has 0 atom stereocenters. The molecule has 0 fully saturated rings. The SMILES string of the molecule is NCCCOc1cc(OCCN)cc(-c2cc(-c3cc(OCCN)cc(OCCCN)c3)cc(C(F)(F)F)c2)c1. The lowest BCUT2D eigenvalue weighted by atomic mass is 9.95. The number of nitrogens with two attached hydrogens (primary N) is 4. The molecule has 0 aliphatic carbocycles. The molecule has 0 aliphatic rings. The molecule has 0 amide bonds. The fourth-order valence-corrected chi connectivity index (χ4v) is 3.83. The summed E-state index contributed by atoms with van der Waals surface area (Å²) in [6.07, 6.45) is -3.35. The zero-order valence-electron chi connectivity index (χ0n) is 22.3. The van der Waals surface area contributed by atoms with Crippen LogP contribution in [-0.2, 0) is 6.18 Å². The summed E-state index contributed by atoms with van der Waals surface area (Å²) < 4.78 is 65.2. The summed E-state index contributed by atoms with van der Waals surface area (Å²) in [5.41, 5.74) is 23.1. The van der Waals surface area contributed by atoms with Gasteiger partial charge in [0.25, 0.3) is 0 Å². The number of hydrogen-bond donors (Lipinski definition) is 4. The van der Waals surface area contributed by atoms with Crippen LogP contribution in [0.1, 0.15) is 18.4 Å². The fraction of sp³-hybridized carbons (Fsp3) is 0.379. The molecule has 0 heterocycles. The van der Waals surface area contributed by atoms with Crippen LogP contribution in [0, 0.1) is 0 Å². The van der Waals surface area contributed by atoms with Crippen molar-refractivity contribution in [2.75, 3.05) is 52.6 Å². The smallest absolute Gasteiger partial charge is 0.416 e. The van der Waals surface area contributed by atoms with Crippen LogP contribution < -0.4 is 41.9 Å². The van der Waals surface area contributed by atoms with Gasteiger partial charge in [-0.3, -0.25) is 0 Å². The standard InChI is InChI=1S/C29H37F3N4O4/c30-29(31,32)24-12-20(22-14-25(37-7-1-3-33)18-27(16-22)39-9-5-35)11-21(13-24)23-15-26(38-8-2-4-34)19-28(17-23)40-10-6-36/h11-19H,1-10,33-36H2. The van der Waals surface area contributed by atoms with Gasteiger partial charge in [0, 0.05) is 25.2 Å². The molecule has 8 nitrogen and oxygen atoms in total. The van der Waals surface area contributed by atoms with Crippen molar-refractivity contribution in [2.45, 2.75) is 19.0 Å². The monoisotopic (exact) mass is 562 g/mol. The molecule has 0 bridgehead atoms. The molecular weight excluding hydrogens is 525 g/mol. The van der Waals surface area contributed by atoms with Gasteiger partial charge in [0.15, 0.2) is 0 Å². The van der Waals surface area contributed by atoms with Crippen LogP contribution in [0.15, 0.2) is 54.6 Å². The summed E-state index contributed by atoms with van der Waals surface area (Å²) in [7, 11) is 0. The van der Waals surface area contributed by atoms with E-state index in [2.05, 4.69) is 0 Å². The Bertz CT molecular complexity index is 1140. The molecule has 3 rings (SSSR count). The Morgan fingerprint density at radius 2 is 0.800 bits per heavy atom. The van der Waals surface area contributed by atoms with E-state index < -0.39 is 11.7 Å². The highest BCUT2D eigenvalue weighted by molar-refractivity contribution is 5.77. The molecule has 218 valence electrons. The molecule has 0 saturated heterocycles. The Kier molecular flexibility index (Phi) is 11.9. The van der Waals surface area contributed by atoms with Crippen LogP contribution in [0.2, 0.25) is 0 Å². The summed E-state index contributed by atoms with van der Waals surface area (Å²) >= 11 is 0. The van der Waals surface area contributed by atoms with E-state index in [9.17, 15) is 13.2 Å². The summed E-state index contributed by atoms with van der Waals surface area (Å²) in [6, 6.07) is 13.9. The lowest BCUT2D eigenvalue weighted by Gasteiger charge is -2.17. The van der Waals surface area contributed by atoms with Crippen molar-refractivity contribution in [2.24, 2.45) is 22.9 Å². The summed E-state index contributed by atoms with van der Waals surface area (Å²) in [5.74, 6) is 1.75. The zero-order chi connectivity index (χ0) is 29.0. The first-order chi connectivity index (χ1) is 19.3. The average molecular weight is 563 g/mol. The van der Waals surface area contributed by atoms with Crippen LogP contribution in [-0.4, -0.2) is 52.6 Å². The van der Waals surface area contributed by atoms with Crippen LogP contribution in [0.5, 0.6) is 23.0 Å². The number of alkyl halides is 3. The van der Waals surface area contributed by atoms with Crippen molar-refractivity contribution < 1.29 is 32.1 Å².